The highest BCUT2D eigenvalue weighted by molar-refractivity contribution is 6.03. The fourth-order valence-electron chi connectivity index (χ4n) is 3.14. The van der Waals surface area contributed by atoms with Crippen LogP contribution in [0, 0.1) is 6.92 Å². The lowest BCUT2D eigenvalue weighted by Gasteiger charge is -2.38. The van der Waals surface area contributed by atoms with Gasteiger partial charge in [0.05, 0.1) is 12.3 Å². The summed E-state index contributed by atoms with van der Waals surface area (Å²) < 4.78 is 11.2. The Labute approximate surface area is 165 Å². The van der Waals surface area contributed by atoms with Gasteiger partial charge in [0.15, 0.2) is 5.60 Å². The highest BCUT2D eigenvalue weighted by atomic mass is 16.5. The van der Waals surface area contributed by atoms with Gasteiger partial charge in [0.2, 0.25) is 5.91 Å². The molecule has 6 nitrogen and oxygen atoms in total. The second-order valence-electron chi connectivity index (χ2n) is 7.30. The lowest BCUT2D eigenvalue weighted by Crippen LogP contribution is -2.53. The zero-order valence-corrected chi connectivity index (χ0v) is 16.7. The first-order valence-electron chi connectivity index (χ1n) is 9.44. The number of hydrogen-bond acceptors (Lipinski definition) is 4. The first-order valence-corrected chi connectivity index (χ1v) is 9.44. The molecule has 28 heavy (non-hydrogen) atoms. The fourth-order valence-corrected chi connectivity index (χ4v) is 3.14. The number of aryl methyl sites for hydroxylation is 1. The topological polar surface area (TPSA) is 67.9 Å². The number of rotatable bonds is 6. The molecular formula is C22H26N2O4. The molecule has 0 aromatic heterocycles. The molecule has 0 aliphatic carbocycles. The highest BCUT2D eigenvalue weighted by Gasteiger charge is 2.40. The summed E-state index contributed by atoms with van der Waals surface area (Å²) in [7, 11) is 0. The van der Waals surface area contributed by atoms with Crippen molar-refractivity contribution in [2.75, 3.05) is 23.4 Å². The lowest BCUT2D eigenvalue weighted by atomic mass is 10.0. The molecule has 2 aromatic rings. The molecule has 0 radical (unpaired) electrons. The predicted molar refractivity (Wildman–Crippen MR) is 109 cm³/mol. The number of nitrogens with zero attached hydrogens (tertiary/aromatic N) is 1. The van der Waals surface area contributed by atoms with Crippen LogP contribution in [0.5, 0.6) is 11.5 Å². The van der Waals surface area contributed by atoms with Crippen molar-refractivity contribution in [3.8, 4) is 11.5 Å². The van der Waals surface area contributed by atoms with Crippen LogP contribution in [0.25, 0.3) is 0 Å². The molecular weight excluding hydrogens is 356 g/mol. The molecule has 1 aliphatic rings. The van der Waals surface area contributed by atoms with Gasteiger partial charge in [-0.05, 0) is 69.7 Å². The SMILES string of the molecule is CCOc1ccc(NC(=O)CCN2C(=O)C(C)(C)Oc3ccc(C)cc32)cc1. The number of amides is 2. The van der Waals surface area contributed by atoms with Gasteiger partial charge >= 0.3 is 0 Å². The van der Waals surface area contributed by atoms with Gasteiger partial charge in [-0.2, -0.15) is 0 Å². The van der Waals surface area contributed by atoms with Gasteiger partial charge in [-0.1, -0.05) is 6.07 Å². The molecule has 148 valence electrons. The maximum Gasteiger partial charge on any atom is 0.270 e. The van der Waals surface area contributed by atoms with Crippen LogP contribution in [0.4, 0.5) is 11.4 Å². The normalized spacial score (nSPS) is 14.9. The third-order valence-electron chi connectivity index (χ3n) is 4.54. The first-order chi connectivity index (χ1) is 13.3. The van der Waals surface area contributed by atoms with E-state index >= 15 is 0 Å². The van der Waals surface area contributed by atoms with E-state index in [4.69, 9.17) is 9.47 Å². The van der Waals surface area contributed by atoms with Crippen LogP contribution in [-0.4, -0.2) is 30.6 Å². The number of benzene rings is 2. The summed E-state index contributed by atoms with van der Waals surface area (Å²) in [5.41, 5.74) is 1.46. The van der Waals surface area contributed by atoms with Crippen molar-refractivity contribution in [2.24, 2.45) is 0 Å². The van der Waals surface area contributed by atoms with E-state index in [-0.39, 0.29) is 24.8 Å². The van der Waals surface area contributed by atoms with Gasteiger partial charge in [0.25, 0.3) is 5.91 Å². The van der Waals surface area contributed by atoms with Crippen LogP contribution >= 0.6 is 0 Å². The van der Waals surface area contributed by atoms with Crippen molar-refractivity contribution in [3.05, 3.63) is 48.0 Å². The molecule has 0 fully saturated rings. The molecule has 0 unspecified atom stereocenters. The average molecular weight is 382 g/mol. The standard InChI is InChI=1S/C22H26N2O4/c1-5-27-17-9-7-16(8-10-17)23-20(25)12-13-24-18-14-15(2)6-11-19(18)28-22(3,4)21(24)26/h6-11,14H,5,12-13H2,1-4H3,(H,23,25). The van der Waals surface area contributed by atoms with Crippen molar-refractivity contribution in [1.29, 1.82) is 0 Å². The zero-order valence-electron chi connectivity index (χ0n) is 16.7. The van der Waals surface area contributed by atoms with Crippen molar-refractivity contribution in [1.82, 2.24) is 0 Å². The number of nitrogens with one attached hydrogen (secondary N) is 1. The van der Waals surface area contributed by atoms with Crippen LogP contribution in [0.3, 0.4) is 0 Å². The molecule has 6 heteroatoms. The van der Waals surface area contributed by atoms with E-state index in [1.165, 1.54) is 0 Å². The van der Waals surface area contributed by atoms with E-state index in [9.17, 15) is 9.59 Å². The van der Waals surface area contributed by atoms with Crippen molar-refractivity contribution >= 4 is 23.2 Å². The minimum atomic E-state index is -0.964. The van der Waals surface area contributed by atoms with Gasteiger partial charge in [0.1, 0.15) is 11.5 Å². The Kier molecular flexibility index (Phi) is 5.58. The molecule has 0 atom stereocenters. The van der Waals surface area contributed by atoms with Crippen LogP contribution in [0.1, 0.15) is 32.8 Å². The second-order valence-corrected chi connectivity index (χ2v) is 7.30. The molecule has 1 aliphatic heterocycles. The Morgan fingerprint density at radius 1 is 1.18 bits per heavy atom. The number of anilines is 2. The quantitative estimate of drug-likeness (QED) is 0.822. The second kappa shape index (κ2) is 7.92. The van der Waals surface area contributed by atoms with Gasteiger partial charge < -0.3 is 19.7 Å². The largest absolute Gasteiger partial charge is 0.494 e. The Bertz CT molecular complexity index is 875. The Morgan fingerprint density at radius 3 is 2.57 bits per heavy atom. The number of hydrogen-bond donors (Lipinski definition) is 1. The van der Waals surface area contributed by atoms with E-state index in [1.54, 1.807) is 30.9 Å². The maximum atomic E-state index is 12.8. The van der Waals surface area contributed by atoms with Gasteiger partial charge in [-0.3, -0.25) is 9.59 Å². The minimum absolute atomic E-state index is 0.153. The summed E-state index contributed by atoms with van der Waals surface area (Å²) in [4.78, 5) is 26.9. The van der Waals surface area contributed by atoms with Crippen LogP contribution in [0.15, 0.2) is 42.5 Å². The summed E-state index contributed by atoms with van der Waals surface area (Å²) in [6, 6.07) is 12.9. The molecule has 1 N–H and O–H groups in total. The summed E-state index contributed by atoms with van der Waals surface area (Å²) in [5.74, 6) is 1.10. The number of carbonyl (C=O) groups excluding carboxylic acids is 2. The highest BCUT2D eigenvalue weighted by Crippen LogP contribution is 2.38. The summed E-state index contributed by atoms with van der Waals surface area (Å²) in [5, 5.41) is 2.86. The van der Waals surface area contributed by atoms with Crippen LogP contribution < -0.4 is 19.7 Å². The fraction of sp³-hybridized carbons (Fsp3) is 0.364. The lowest BCUT2D eigenvalue weighted by molar-refractivity contribution is -0.132. The van der Waals surface area contributed by atoms with Gasteiger partial charge in [-0.15, -0.1) is 0 Å². The molecule has 0 bridgehead atoms. The molecule has 3 rings (SSSR count). The minimum Gasteiger partial charge on any atom is -0.494 e. The third-order valence-corrected chi connectivity index (χ3v) is 4.54. The van der Waals surface area contributed by atoms with Crippen LogP contribution in [0.2, 0.25) is 0 Å². The summed E-state index contributed by atoms with van der Waals surface area (Å²) >= 11 is 0. The van der Waals surface area contributed by atoms with Crippen molar-refractivity contribution in [3.63, 3.8) is 0 Å². The van der Waals surface area contributed by atoms with E-state index < -0.39 is 5.60 Å². The number of ether oxygens (including phenoxy) is 2. The molecule has 0 spiro atoms. The summed E-state index contributed by atoms with van der Waals surface area (Å²) in [6.07, 6.45) is 0.183. The Hall–Kier alpha value is -3.02. The summed E-state index contributed by atoms with van der Waals surface area (Å²) in [6.45, 7) is 8.24. The van der Waals surface area contributed by atoms with Gasteiger partial charge in [-0.25, -0.2) is 0 Å². The molecule has 2 amide bonds. The maximum absolute atomic E-state index is 12.8. The van der Waals surface area contributed by atoms with E-state index in [1.807, 2.05) is 44.2 Å². The van der Waals surface area contributed by atoms with Crippen LogP contribution in [-0.2, 0) is 9.59 Å². The zero-order chi connectivity index (χ0) is 20.3. The number of fused-ring (bicyclic) bond motifs is 1. The van der Waals surface area contributed by atoms with Crippen molar-refractivity contribution in [2.45, 2.75) is 39.7 Å². The molecule has 0 saturated carbocycles. The smallest absolute Gasteiger partial charge is 0.270 e. The predicted octanol–water partition coefficient (Wildman–Crippen LogP) is 3.93. The first kappa shape index (κ1) is 19.7. The average Bonchev–Trinajstić information content (AvgIpc) is 2.64. The van der Waals surface area contributed by atoms with E-state index in [0.717, 1.165) is 11.3 Å². The van der Waals surface area contributed by atoms with E-state index in [2.05, 4.69) is 5.32 Å². The third kappa shape index (κ3) is 4.27. The number of carbonyl (C=O) groups is 2. The molecule has 2 aromatic carbocycles. The molecule has 0 saturated heterocycles. The molecule has 1 heterocycles. The Balaban J connectivity index is 1.68. The van der Waals surface area contributed by atoms with Gasteiger partial charge in [0, 0.05) is 18.7 Å². The Morgan fingerprint density at radius 2 is 1.89 bits per heavy atom. The van der Waals surface area contributed by atoms with Crippen molar-refractivity contribution < 1.29 is 19.1 Å². The monoisotopic (exact) mass is 382 g/mol. The van der Waals surface area contributed by atoms with E-state index in [0.29, 0.717) is 23.7 Å².